The molecule has 152 valence electrons. The van der Waals surface area contributed by atoms with Crippen LogP contribution < -0.4 is 15.4 Å². The number of anilines is 1. The average molecular weight is 393 g/mol. The normalized spacial score (nSPS) is 19.0. The third-order valence-electron chi connectivity index (χ3n) is 5.51. The van der Waals surface area contributed by atoms with Gasteiger partial charge in [0.05, 0.1) is 12.1 Å². The highest BCUT2D eigenvalue weighted by atomic mass is 16.5. The fourth-order valence-corrected chi connectivity index (χ4v) is 3.90. The van der Waals surface area contributed by atoms with Crippen molar-refractivity contribution in [3.63, 3.8) is 0 Å². The number of carbonyl (C=O) groups excluding carboxylic acids is 2. The third-order valence-corrected chi connectivity index (χ3v) is 5.51. The molecule has 2 aromatic carbocycles. The molecular weight excluding hydrogens is 366 g/mol. The van der Waals surface area contributed by atoms with Crippen molar-refractivity contribution in [1.29, 1.82) is 0 Å². The average Bonchev–Trinajstić information content (AvgIpc) is 2.74. The van der Waals surface area contributed by atoms with Crippen LogP contribution in [-0.4, -0.2) is 35.9 Å². The lowest BCUT2D eigenvalue weighted by molar-refractivity contribution is -0.130. The number of para-hydroxylation sites is 2. The SMILES string of the molecule is O=C(C[C@@H]1Oc2ccccc2NC1=O)NCc1ccccc1CN1CCCCC1. The summed E-state index contributed by atoms with van der Waals surface area (Å²) < 4.78 is 5.71. The van der Waals surface area contributed by atoms with Crippen molar-refractivity contribution < 1.29 is 14.3 Å². The lowest BCUT2D eigenvalue weighted by Gasteiger charge is -2.27. The van der Waals surface area contributed by atoms with Gasteiger partial charge in [-0.1, -0.05) is 42.8 Å². The fraction of sp³-hybridized carbons (Fsp3) is 0.391. The van der Waals surface area contributed by atoms with Crippen LogP contribution in [0.2, 0.25) is 0 Å². The van der Waals surface area contributed by atoms with Crippen LogP contribution in [0.4, 0.5) is 5.69 Å². The number of carbonyl (C=O) groups is 2. The number of benzene rings is 2. The zero-order valence-corrected chi connectivity index (χ0v) is 16.5. The number of amides is 2. The lowest BCUT2D eigenvalue weighted by Crippen LogP contribution is -2.41. The van der Waals surface area contributed by atoms with Crippen molar-refractivity contribution in [2.75, 3.05) is 18.4 Å². The third kappa shape index (κ3) is 4.95. The molecule has 2 aliphatic rings. The highest BCUT2D eigenvalue weighted by molar-refractivity contribution is 5.99. The molecule has 0 radical (unpaired) electrons. The van der Waals surface area contributed by atoms with Crippen molar-refractivity contribution in [2.24, 2.45) is 0 Å². The topological polar surface area (TPSA) is 70.7 Å². The summed E-state index contributed by atoms with van der Waals surface area (Å²) in [4.78, 5) is 27.2. The molecule has 2 amide bonds. The molecule has 0 saturated carbocycles. The molecule has 2 N–H and O–H groups in total. The van der Waals surface area contributed by atoms with Crippen LogP contribution in [0.1, 0.15) is 36.8 Å². The van der Waals surface area contributed by atoms with E-state index in [1.807, 2.05) is 24.3 Å². The monoisotopic (exact) mass is 393 g/mol. The molecule has 0 unspecified atom stereocenters. The van der Waals surface area contributed by atoms with Gasteiger partial charge in [0.1, 0.15) is 5.75 Å². The molecule has 4 rings (SSSR count). The van der Waals surface area contributed by atoms with E-state index >= 15 is 0 Å². The van der Waals surface area contributed by atoms with Gasteiger partial charge in [-0.25, -0.2) is 0 Å². The second-order valence-corrected chi connectivity index (χ2v) is 7.68. The number of nitrogens with one attached hydrogen (secondary N) is 2. The van der Waals surface area contributed by atoms with Crippen LogP contribution in [0, 0.1) is 0 Å². The van der Waals surface area contributed by atoms with Crippen LogP contribution in [0.5, 0.6) is 5.75 Å². The first-order chi connectivity index (χ1) is 14.2. The van der Waals surface area contributed by atoms with E-state index in [0.29, 0.717) is 18.0 Å². The number of nitrogens with zero attached hydrogens (tertiary/aromatic N) is 1. The molecule has 1 saturated heterocycles. The summed E-state index contributed by atoms with van der Waals surface area (Å²) in [5.74, 6) is 0.110. The number of ether oxygens (including phenoxy) is 1. The number of rotatable bonds is 6. The molecule has 2 aliphatic heterocycles. The molecule has 2 aromatic rings. The number of fused-ring (bicyclic) bond motifs is 1. The van der Waals surface area contributed by atoms with E-state index in [4.69, 9.17) is 4.74 Å². The summed E-state index contributed by atoms with van der Waals surface area (Å²) in [6.07, 6.45) is 3.01. The van der Waals surface area contributed by atoms with Gasteiger partial charge in [0, 0.05) is 13.1 Å². The van der Waals surface area contributed by atoms with E-state index < -0.39 is 6.10 Å². The Morgan fingerprint density at radius 2 is 1.76 bits per heavy atom. The molecule has 0 aromatic heterocycles. The summed E-state index contributed by atoms with van der Waals surface area (Å²) in [5.41, 5.74) is 3.00. The molecule has 0 aliphatic carbocycles. The molecule has 29 heavy (non-hydrogen) atoms. The zero-order valence-electron chi connectivity index (χ0n) is 16.5. The summed E-state index contributed by atoms with van der Waals surface area (Å²) in [7, 11) is 0. The van der Waals surface area contributed by atoms with Gasteiger partial charge < -0.3 is 15.4 Å². The van der Waals surface area contributed by atoms with E-state index in [9.17, 15) is 9.59 Å². The van der Waals surface area contributed by atoms with Crippen molar-refractivity contribution >= 4 is 17.5 Å². The van der Waals surface area contributed by atoms with Gasteiger partial charge in [-0.05, 0) is 49.2 Å². The van der Waals surface area contributed by atoms with Gasteiger partial charge in [0.15, 0.2) is 6.10 Å². The largest absolute Gasteiger partial charge is 0.478 e. The molecule has 6 heteroatoms. The fourth-order valence-electron chi connectivity index (χ4n) is 3.90. The Morgan fingerprint density at radius 3 is 2.59 bits per heavy atom. The Balaban J connectivity index is 1.32. The molecule has 1 atom stereocenters. The van der Waals surface area contributed by atoms with Crippen molar-refractivity contribution in [3.05, 3.63) is 59.7 Å². The molecule has 6 nitrogen and oxygen atoms in total. The van der Waals surface area contributed by atoms with Gasteiger partial charge in [-0.3, -0.25) is 14.5 Å². The first-order valence-corrected chi connectivity index (χ1v) is 10.3. The summed E-state index contributed by atoms with van der Waals surface area (Å²) >= 11 is 0. The smallest absolute Gasteiger partial charge is 0.266 e. The van der Waals surface area contributed by atoms with Crippen LogP contribution in [0.3, 0.4) is 0 Å². The van der Waals surface area contributed by atoms with E-state index in [1.54, 1.807) is 12.1 Å². The van der Waals surface area contributed by atoms with Crippen molar-refractivity contribution in [2.45, 2.75) is 44.9 Å². The van der Waals surface area contributed by atoms with Gasteiger partial charge in [0.25, 0.3) is 5.91 Å². The first-order valence-electron chi connectivity index (χ1n) is 10.3. The lowest BCUT2D eigenvalue weighted by atomic mass is 10.0. The van der Waals surface area contributed by atoms with Gasteiger partial charge >= 0.3 is 0 Å². The Bertz CT molecular complexity index is 877. The summed E-state index contributed by atoms with van der Waals surface area (Å²) in [6.45, 7) is 3.64. The highest BCUT2D eigenvalue weighted by Gasteiger charge is 2.29. The Morgan fingerprint density at radius 1 is 1.03 bits per heavy atom. The highest BCUT2D eigenvalue weighted by Crippen LogP contribution is 2.29. The minimum absolute atomic E-state index is 0.00550. The maximum absolute atomic E-state index is 12.5. The molecular formula is C23H27N3O3. The van der Waals surface area contributed by atoms with E-state index in [1.165, 1.54) is 24.8 Å². The minimum atomic E-state index is -0.812. The standard InChI is InChI=1S/C23H27N3O3/c27-22(14-21-23(28)25-19-10-4-5-11-20(19)29-21)24-15-17-8-2-3-9-18(17)16-26-12-6-1-7-13-26/h2-5,8-11,21H,1,6-7,12-16H2,(H,24,27)(H,25,28)/t21-/m0/s1. The minimum Gasteiger partial charge on any atom is -0.478 e. The van der Waals surface area contributed by atoms with Crippen molar-refractivity contribution in [1.82, 2.24) is 10.2 Å². The maximum Gasteiger partial charge on any atom is 0.266 e. The van der Waals surface area contributed by atoms with Gasteiger partial charge in [-0.2, -0.15) is 0 Å². The predicted octanol–water partition coefficient (Wildman–Crippen LogP) is 3.08. The maximum atomic E-state index is 12.5. The Hall–Kier alpha value is -2.86. The van der Waals surface area contributed by atoms with Gasteiger partial charge in [0.2, 0.25) is 5.91 Å². The number of piperidine rings is 1. The van der Waals surface area contributed by atoms with E-state index in [2.05, 4.69) is 27.7 Å². The van der Waals surface area contributed by atoms with E-state index in [-0.39, 0.29) is 18.2 Å². The second kappa shape index (κ2) is 9.09. The van der Waals surface area contributed by atoms with Crippen LogP contribution in [0.15, 0.2) is 48.5 Å². The molecule has 0 spiro atoms. The quantitative estimate of drug-likeness (QED) is 0.791. The summed E-state index contributed by atoms with van der Waals surface area (Å²) in [5, 5.41) is 5.75. The van der Waals surface area contributed by atoms with Gasteiger partial charge in [-0.15, -0.1) is 0 Å². The van der Waals surface area contributed by atoms with Crippen LogP contribution >= 0.6 is 0 Å². The van der Waals surface area contributed by atoms with E-state index in [0.717, 1.165) is 25.2 Å². The molecule has 0 bridgehead atoms. The molecule has 1 fully saturated rings. The predicted molar refractivity (Wildman–Crippen MR) is 112 cm³/mol. The van der Waals surface area contributed by atoms with Crippen molar-refractivity contribution in [3.8, 4) is 5.75 Å². The first kappa shape index (κ1) is 19.5. The number of likely N-dealkylation sites (tertiary alicyclic amines) is 1. The Kier molecular flexibility index (Phi) is 6.10. The Labute approximate surface area is 171 Å². The van der Waals surface area contributed by atoms with Crippen LogP contribution in [0.25, 0.3) is 0 Å². The van der Waals surface area contributed by atoms with Crippen LogP contribution in [-0.2, 0) is 22.7 Å². The summed E-state index contributed by atoms with van der Waals surface area (Å²) in [6, 6.07) is 15.5. The number of hydrogen-bond donors (Lipinski definition) is 2. The number of hydrogen-bond acceptors (Lipinski definition) is 4. The molecule has 2 heterocycles. The zero-order chi connectivity index (χ0) is 20.1. The second-order valence-electron chi connectivity index (χ2n) is 7.68.